The maximum Gasteiger partial charge on any atom is 0.305 e. The molecular formula is C23H42O4. The summed E-state index contributed by atoms with van der Waals surface area (Å²) in [6.45, 7) is 1.75. The average Bonchev–Trinajstić information content (AvgIpc) is 2.68. The molecule has 1 atom stereocenters. The van der Waals surface area contributed by atoms with Crippen LogP contribution in [0.25, 0.3) is 0 Å². The molecule has 0 fully saturated rings. The van der Waals surface area contributed by atoms with Crippen LogP contribution in [0.15, 0.2) is 24.3 Å². The van der Waals surface area contributed by atoms with Crippen LogP contribution in [0.3, 0.4) is 0 Å². The van der Waals surface area contributed by atoms with Crippen LogP contribution in [0, 0.1) is 0 Å². The van der Waals surface area contributed by atoms with Crippen molar-refractivity contribution < 1.29 is 19.7 Å². The minimum atomic E-state index is -0.962. The largest absolute Gasteiger partial charge is 0.463 e. The number of hydrogen-bond acceptors (Lipinski definition) is 4. The van der Waals surface area contributed by atoms with Crippen molar-refractivity contribution in [1.82, 2.24) is 0 Å². The van der Waals surface area contributed by atoms with Crippen molar-refractivity contribution in [3.05, 3.63) is 24.3 Å². The number of hydrogen-bond donors (Lipinski definition) is 2. The summed E-state index contributed by atoms with van der Waals surface area (Å²) in [5.41, 5.74) is 0. The predicted molar refractivity (Wildman–Crippen MR) is 113 cm³/mol. The lowest BCUT2D eigenvalue weighted by Gasteiger charge is -2.08. The zero-order chi connectivity index (χ0) is 20.0. The summed E-state index contributed by atoms with van der Waals surface area (Å²) < 4.78 is 4.86. The maximum absolute atomic E-state index is 11.4. The van der Waals surface area contributed by atoms with Crippen LogP contribution in [0.2, 0.25) is 0 Å². The molecule has 0 spiro atoms. The fourth-order valence-electron chi connectivity index (χ4n) is 2.75. The van der Waals surface area contributed by atoms with Gasteiger partial charge in [0.05, 0.1) is 6.61 Å². The Kier molecular flexibility index (Phi) is 20.3. The standard InChI is InChI=1S/C23H42O4/c1-2-3-4-5-6-7-8-9-10-11-12-13-14-15-16-17-18-19-23(26)27-21-22(25)20-24/h6-7,9-10,22,24-25H,2-5,8,11-21H2,1H3. The highest BCUT2D eigenvalue weighted by molar-refractivity contribution is 5.69. The Morgan fingerprint density at radius 3 is 2.00 bits per heavy atom. The minimum Gasteiger partial charge on any atom is -0.463 e. The van der Waals surface area contributed by atoms with Crippen molar-refractivity contribution in [3.8, 4) is 0 Å². The number of esters is 1. The maximum atomic E-state index is 11.4. The first-order chi connectivity index (χ1) is 13.2. The molecule has 4 nitrogen and oxygen atoms in total. The molecule has 0 aromatic rings. The number of unbranched alkanes of at least 4 members (excludes halogenated alkanes) is 10. The fraction of sp³-hybridized carbons (Fsp3) is 0.783. The molecular weight excluding hydrogens is 340 g/mol. The minimum absolute atomic E-state index is 0.112. The van der Waals surface area contributed by atoms with Crippen LogP contribution >= 0.6 is 0 Å². The summed E-state index contributed by atoms with van der Waals surface area (Å²) in [4.78, 5) is 11.4. The Bertz CT molecular complexity index is 377. The van der Waals surface area contributed by atoms with Gasteiger partial charge in [0.2, 0.25) is 0 Å². The van der Waals surface area contributed by atoms with Gasteiger partial charge >= 0.3 is 5.97 Å². The fourth-order valence-corrected chi connectivity index (χ4v) is 2.75. The summed E-state index contributed by atoms with van der Waals surface area (Å²) in [6, 6.07) is 0. The van der Waals surface area contributed by atoms with Crippen LogP contribution in [0.4, 0.5) is 0 Å². The molecule has 1 unspecified atom stereocenters. The van der Waals surface area contributed by atoms with Gasteiger partial charge in [0.15, 0.2) is 0 Å². The molecule has 27 heavy (non-hydrogen) atoms. The van der Waals surface area contributed by atoms with Gasteiger partial charge < -0.3 is 14.9 Å². The number of aliphatic hydroxyl groups excluding tert-OH is 2. The highest BCUT2D eigenvalue weighted by Gasteiger charge is 2.07. The second-order valence-electron chi connectivity index (χ2n) is 7.21. The molecule has 0 aromatic heterocycles. The number of allylic oxidation sites excluding steroid dienone is 4. The van der Waals surface area contributed by atoms with Crippen molar-refractivity contribution in [2.45, 2.75) is 103 Å². The summed E-state index contributed by atoms with van der Waals surface area (Å²) in [7, 11) is 0. The van der Waals surface area contributed by atoms with Gasteiger partial charge in [-0.1, -0.05) is 76.2 Å². The number of carbonyl (C=O) groups excluding carboxylic acids is 1. The van der Waals surface area contributed by atoms with Gasteiger partial charge in [-0.25, -0.2) is 0 Å². The Labute approximate surface area is 166 Å². The molecule has 0 amide bonds. The Balaban J connectivity index is 3.26. The molecule has 0 bridgehead atoms. The highest BCUT2D eigenvalue weighted by atomic mass is 16.5. The lowest BCUT2D eigenvalue weighted by atomic mass is 10.1. The van der Waals surface area contributed by atoms with E-state index in [-0.39, 0.29) is 19.2 Å². The zero-order valence-electron chi connectivity index (χ0n) is 17.4. The molecule has 0 saturated carbocycles. The van der Waals surface area contributed by atoms with E-state index in [1.165, 1.54) is 57.8 Å². The van der Waals surface area contributed by atoms with E-state index < -0.39 is 6.10 Å². The van der Waals surface area contributed by atoms with Crippen LogP contribution in [-0.4, -0.2) is 35.5 Å². The third kappa shape index (κ3) is 21.0. The van der Waals surface area contributed by atoms with Crippen molar-refractivity contribution in [2.24, 2.45) is 0 Å². The third-order valence-corrected chi connectivity index (χ3v) is 4.48. The van der Waals surface area contributed by atoms with Gasteiger partial charge in [0, 0.05) is 6.42 Å². The molecule has 0 aliphatic heterocycles. The summed E-state index contributed by atoms with van der Waals surface area (Å²) in [6.07, 6.45) is 24.1. The van der Waals surface area contributed by atoms with E-state index in [0.29, 0.717) is 6.42 Å². The second-order valence-corrected chi connectivity index (χ2v) is 7.21. The van der Waals surface area contributed by atoms with Gasteiger partial charge in [-0.15, -0.1) is 0 Å². The quantitative estimate of drug-likeness (QED) is 0.176. The van der Waals surface area contributed by atoms with Gasteiger partial charge in [-0.3, -0.25) is 4.79 Å². The molecule has 158 valence electrons. The van der Waals surface area contributed by atoms with Crippen LogP contribution in [0.1, 0.15) is 96.8 Å². The van der Waals surface area contributed by atoms with Crippen molar-refractivity contribution in [3.63, 3.8) is 0 Å². The Morgan fingerprint density at radius 1 is 0.852 bits per heavy atom. The first kappa shape index (κ1) is 25.9. The number of carbonyl (C=O) groups is 1. The highest BCUT2D eigenvalue weighted by Crippen LogP contribution is 2.10. The lowest BCUT2D eigenvalue weighted by Crippen LogP contribution is -2.21. The van der Waals surface area contributed by atoms with Crippen molar-refractivity contribution in [2.75, 3.05) is 13.2 Å². The Morgan fingerprint density at radius 2 is 1.41 bits per heavy atom. The van der Waals surface area contributed by atoms with E-state index >= 15 is 0 Å². The molecule has 0 rings (SSSR count). The SMILES string of the molecule is CCCCCC=CCC=CCCCCCCCCCC(=O)OCC(O)CO. The first-order valence-electron chi connectivity index (χ1n) is 10.9. The normalized spacial score (nSPS) is 12.9. The summed E-state index contributed by atoms with van der Waals surface area (Å²) >= 11 is 0. The molecule has 0 aliphatic rings. The second kappa shape index (κ2) is 21.2. The zero-order valence-corrected chi connectivity index (χ0v) is 17.4. The number of ether oxygens (including phenoxy) is 1. The van der Waals surface area contributed by atoms with E-state index in [2.05, 4.69) is 31.2 Å². The number of aliphatic hydroxyl groups is 2. The van der Waals surface area contributed by atoms with Gasteiger partial charge in [0.1, 0.15) is 12.7 Å². The van der Waals surface area contributed by atoms with E-state index in [1.807, 2.05) is 0 Å². The van der Waals surface area contributed by atoms with E-state index in [4.69, 9.17) is 14.9 Å². The van der Waals surface area contributed by atoms with E-state index in [9.17, 15) is 4.79 Å². The average molecular weight is 383 g/mol. The van der Waals surface area contributed by atoms with Crippen LogP contribution in [0.5, 0.6) is 0 Å². The molecule has 0 heterocycles. The van der Waals surface area contributed by atoms with E-state index in [0.717, 1.165) is 25.7 Å². The summed E-state index contributed by atoms with van der Waals surface area (Å²) in [5, 5.41) is 17.7. The van der Waals surface area contributed by atoms with Crippen LogP contribution in [-0.2, 0) is 9.53 Å². The molecule has 0 aliphatic carbocycles. The van der Waals surface area contributed by atoms with Crippen molar-refractivity contribution in [1.29, 1.82) is 0 Å². The molecule has 4 heteroatoms. The van der Waals surface area contributed by atoms with Crippen molar-refractivity contribution >= 4 is 5.97 Å². The molecule has 2 N–H and O–H groups in total. The number of rotatable bonds is 19. The smallest absolute Gasteiger partial charge is 0.305 e. The molecule has 0 saturated heterocycles. The topological polar surface area (TPSA) is 66.8 Å². The molecule has 0 aromatic carbocycles. The lowest BCUT2D eigenvalue weighted by molar-refractivity contribution is -0.147. The van der Waals surface area contributed by atoms with E-state index in [1.54, 1.807) is 0 Å². The van der Waals surface area contributed by atoms with Gasteiger partial charge in [-0.05, 0) is 38.5 Å². The predicted octanol–water partition coefficient (Wildman–Crippen LogP) is 5.48. The summed E-state index contributed by atoms with van der Waals surface area (Å²) in [5.74, 6) is -0.287. The Hall–Kier alpha value is -1.13. The van der Waals surface area contributed by atoms with Crippen LogP contribution < -0.4 is 0 Å². The first-order valence-corrected chi connectivity index (χ1v) is 10.9. The third-order valence-electron chi connectivity index (χ3n) is 4.48. The van der Waals surface area contributed by atoms with Gasteiger partial charge in [-0.2, -0.15) is 0 Å². The van der Waals surface area contributed by atoms with Gasteiger partial charge in [0.25, 0.3) is 0 Å². The molecule has 0 radical (unpaired) electrons. The monoisotopic (exact) mass is 382 g/mol.